The number of hydrogen-bond acceptors (Lipinski definition) is 3. The summed E-state index contributed by atoms with van der Waals surface area (Å²) in [4.78, 5) is 13.3. The zero-order valence-corrected chi connectivity index (χ0v) is 10.5. The third-order valence-corrected chi connectivity index (χ3v) is 2.96. The Morgan fingerprint density at radius 3 is 2.67 bits per heavy atom. The van der Waals surface area contributed by atoms with E-state index >= 15 is 0 Å². The molecule has 1 amide bonds. The second-order valence-electron chi connectivity index (χ2n) is 4.75. The Hall–Kier alpha value is -0.640. The van der Waals surface area contributed by atoms with Crippen molar-refractivity contribution < 1.29 is 9.53 Å². The van der Waals surface area contributed by atoms with Crippen molar-refractivity contribution in [3.05, 3.63) is 12.0 Å². The lowest BCUT2D eigenvalue weighted by Gasteiger charge is -2.39. The molecular formula is C11H19NO2S. The first kappa shape index (κ1) is 12.4. The van der Waals surface area contributed by atoms with Crippen molar-refractivity contribution in [2.75, 3.05) is 18.8 Å². The first-order valence-electron chi connectivity index (χ1n) is 5.13. The molecule has 0 bridgehead atoms. The van der Waals surface area contributed by atoms with E-state index in [4.69, 9.17) is 4.74 Å². The highest BCUT2D eigenvalue weighted by Crippen LogP contribution is 2.22. The molecule has 1 saturated heterocycles. The molecule has 0 aliphatic carbocycles. The van der Waals surface area contributed by atoms with Crippen LogP contribution in [-0.4, -0.2) is 35.4 Å². The van der Waals surface area contributed by atoms with Crippen molar-refractivity contribution in [2.24, 2.45) is 5.92 Å². The van der Waals surface area contributed by atoms with E-state index < -0.39 is 5.60 Å². The van der Waals surface area contributed by atoms with Gasteiger partial charge in [-0.25, -0.2) is 4.79 Å². The Labute approximate surface area is 95.9 Å². The molecule has 0 aromatic rings. The molecule has 1 aliphatic heterocycles. The second kappa shape index (κ2) is 4.92. The maximum atomic E-state index is 11.5. The fourth-order valence-corrected chi connectivity index (χ4v) is 1.97. The van der Waals surface area contributed by atoms with Crippen LogP contribution in [0.2, 0.25) is 0 Å². The average Bonchev–Trinajstić information content (AvgIpc) is 1.98. The van der Waals surface area contributed by atoms with Crippen LogP contribution >= 0.6 is 11.8 Å². The summed E-state index contributed by atoms with van der Waals surface area (Å²) in [5.74, 6) is 1.64. The molecule has 0 spiro atoms. The van der Waals surface area contributed by atoms with Gasteiger partial charge in [0.25, 0.3) is 0 Å². The maximum absolute atomic E-state index is 11.5. The second-order valence-corrected chi connectivity index (χ2v) is 5.75. The minimum Gasteiger partial charge on any atom is -0.444 e. The predicted octanol–water partition coefficient (Wildman–Crippen LogP) is 2.73. The molecule has 0 unspecified atom stereocenters. The fraction of sp³-hybridized carbons (Fsp3) is 0.727. The van der Waals surface area contributed by atoms with Gasteiger partial charge in [0.1, 0.15) is 5.60 Å². The molecule has 0 aromatic heterocycles. The van der Waals surface area contributed by atoms with Gasteiger partial charge in [-0.05, 0) is 26.2 Å². The molecule has 3 nitrogen and oxygen atoms in total. The normalized spacial score (nSPS) is 17.1. The minimum absolute atomic E-state index is 0.192. The zero-order chi connectivity index (χ0) is 11.5. The van der Waals surface area contributed by atoms with E-state index in [2.05, 4.69) is 6.58 Å². The summed E-state index contributed by atoms with van der Waals surface area (Å²) in [5.41, 5.74) is -0.391. The summed E-state index contributed by atoms with van der Waals surface area (Å²) < 4.78 is 5.25. The Kier molecular flexibility index (Phi) is 4.08. The zero-order valence-electron chi connectivity index (χ0n) is 9.66. The summed E-state index contributed by atoms with van der Waals surface area (Å²) in [7, 11) is 0. The van der Waals surface area contributed by atoms with E-state index in [-0.39, 0.29) is 6.09 Å². The monoisotopic (exact) mass is 229 g/mol. The Morgan fingerprint density at radius 1 is 1.60 bits per heavy atom. The van der Waals surface area contributed by atoms with Gasteiger partial charge in [0.2, 0.25) is 0 Å². The standard InChI is InChI=1S/C11H19NO2S/c1-5-15-8-9-6-12(7-9)10(13)14-11(2,3)4/h5,9H,1,6-8H2,2-4H3. The van der Waals surface area contributed by atoms with E-state index in [0.29, 0.717) is 5.92 Å². The van der Waals surface area contributed by atoms with Crippen LogP contribution in [0.3, 0.4) is 0 Å². The minimum atomic E-state index is -0.391. The first-order chi connectivity index (χ1) is 6.92. The van der Waals surface area contributed by atoms with Crippen LogP contribution in [0.25, 0.3) is 0 Å². The summed E-state index contributed by atoms with van der Waals surface area (Å²) >= 11 is 1.70. The largest absolute Gasteiger partial charge is 0.444 e. The lowest BCUT2D eigenvalue weighted by atomic mass is 10.0. The van der Waals surface area contributed by atoms with E-state index in [9.17, 15) is 4.79 Å². The number of likely N-dealkylation sites (tertiary alicyclic amines) is 1. The summed E-state index contributed by atoms with van der Waals surface area (Å²) in [5, 5.41) is 1.84. The number of amides is 1. The van der Waals surface area contributed by atoms with Gasteiger partial charge >= 0.3 is 6.09 Å². The third kappa shape index (κ3) is 4.16. The van der Waals surface area contributed by atoms with E-state index in [0.717, 1.165) is 18.8 Å². The molecule has 86 valence electrons. The van der Waals surface area contributed by atoms with Gasteiger partial charge in [-0.1, -0.05) is 6.58 Å². The molecule has 0 N–H and O–H groups in total. The molecule has 4 heteroatoms. The van der Waals surface area contributed by atoms with Crippen LogP contribution in [0.5, 0.6) is 0 Å². The molecule has 0 radical (unpaired) electrons. The van der Waals surface area contributed by atoms with Gasteiger partial charge in [0.05, 0.1) is 0 Å². The topological polar surface area (TPSA) is 29.5 Å². The van der Waals surface area contributed by atoms with Gasteiger partial charge in [-0.3, -0.25) is 0 Å². The van der Waals surface area contributed by atoms with Gasteiger partial charge in [-0.2, -0.15) is 0 Å². The van der Waals surface area contributed by atoms with Crippen molar-refractivity contribution in [1.29, 1.82) is 0 Å². The van der Waals surface area contributed by atoms with Crippen LogP contribution in [-0.2, 0) is 4.74 Å². The molecule has 1 rings (SSSR count). The molecular weight excluding hydrogens is 210 g/mol. The van der Waals surface area contributed by atoms with Gasteiger partial charge in [-0.15, -0.1) is 11.8 Å². The summed E-state index contributed by atoms with van der Waals surface area (Å²) in [6.45, 7) is 10.9. The third-order valence-electron chi connectivity index (χ3n) is 2.06. The number of carbonyl (C=O) groups is 1. The average molecular weight is 229 g/mol. The first-order valence-corrected chi connectivity index (χ1v) is 6.17. The number of nitrogens with zero attached hydrogens (tertiary/aromatic N) is 1. The van der Waals surface area contributed by atoms with E-state index in [1.54, 1.807) is 16.7 Å². The highest BCUT2D eigenvalue weighted by atomic mass is 32.2. The molecule has 1 heterocycles. The fourth-order valence-electron chi connectivity index (χ4n) is 1.35. The highest BCUT2D eigenvalue weighted by molar-refractivity contribution is 8.02. The van der Waals surface area contributed by atoms with E-state index in [1.807, 2.05) is 26.2 Å². The molecule has 15 heavy (non-hydrogen) atoms. The molecule has 0 saturated carbocycles. The number of thioether (sulfide) groups is 1. The number of rotatable bonds is 3. The van der Waals surface area contributed by atoms with Crippen LogP contribution in [0, 0.1) is 5.92 Å². The van der Waals surface area contributed by atoms with Gasteiger partial charge in [0, 0.05) is 24.8 Å². The van der Waals surface area contributed by atoms with Crippen LogP contribution in [0.4, 0.5) is 4.79 Å². The molecule has 1 aliphatic rings. The number of ether oxygens (including phenoxy) is 1. The van der Waals surface area contributed by atoms with Crippen molar-refractivity contribution in [1.82, 2.24) is 4.90 Å². The SMILES string of the molecule is C=CSCC1CN(C(=O)OC(C)(C)C)C1. The van der Waals surface area contributed by atoms with Gasteiger partial charge in [0.15, 0.2) is 0 Å². The maximum Gasteiger partial charge on any atom is 0.410 e. The van der Waals surface area contributed by atoms with Crippen LogP contribution in [0.15, 0.2) is 12.0 Å². The molecule has 0 atom stereocenters. The lowest BCUT2D eigenvalue weighted by Crippen LogP contribution is -2.52. The predicted molar refractivity (Wildman–Crippen MR) is 64.0 cm³/mol. The Morgan fingerprint density at radius 2 is 2.20 bits per heavy atom. The van der Waals surface area contributed by atoms with Crippen molar-refractivity contribution in [3.63, 3.8) is 0 Å². The Bertz CT molecular complexity index is 241. The Balaban J connectivity index is 2.21. The number of hydrogen-bond donors (Lipinski definition) is 0. The van der Waals surface area contributed by atoms with Crippen molar-refractivity contribution in [2.45, 2.75) is 26.4 Å². The van der Waals surface area contributed by atoms with Crippen LogP contribution in [0.1, 0.15) is 20.8 Å². The quantitative estimate of drug-likeness (QED) is 0.745. The van der Waals surface area contributed by atoms with Crippen LogP contribution < -0.4 is 0 Å². The lowest BCUT2D eigenvalue weighted by molar-refractivity contribution is 0.00217. The smallest absolute Gasteiger partial charge is 0.410 e. The molecule has 0 aromatic carbocycles. The molecule has 1 fully saturated rings. The summed E-state index contributed by atoms with van der Waals surface area (Å²) in [6, 6.07) is 0. The number of carbonyl (C=O) groups excluding carboxylic acids is 1. The summed E-state index contributed by atoms with van der Waals surface area (Å²) in [6.07, 6.45) is -0.192. The van der Waals surface area contributed by atoms with E-state index in [1.165, 1.54) is 0 Å². The highest BCUT2D eigenvalue weighted by Gasteiger charge is 2.33. The van der Waals surface area contributed by atoms with Gasteiger partial charge < -0.3 is 9.64 Å². The van der Waals surface area contributed by atoms with Crippen molar-refractivity contribution >= 4 is 17.9 Å². The van der Waals surface area contributed by atoms with Crippen molar-refractivity contribution in [3.8, 4) is 0 Å².